The molecule has 9 heteroatoms. The van der Waals surface area contributed by atoms with Gasteiger partial charge in [-0.2, -0.15) is 0 Å². The van der Waals surface area contributed by atoms with Gasteiger partial charge in [0.2, 0.25) is 5.91 Å². The van der Waals surface area contributed by atoms with Crippen LogP contribution < -0.4 is 11.0 Å². The zero-order valence-electron chi connectivity index (χ0n) is 16.3. The zero-order valence-corrected chi connectivity index (χ0v) is 17.9. The van der Waals surface area contributed by atoms with E-state index in [1.807, 2.05) is 26.0 Å². The number of rotatable bonds is 5. The van der Waals surface area contributed by atoms with E-state index in [0.29, 0.717) is 21.4 Å². The van der Waals surface area contributed by atoms with Crippen molar-refractivity contribution in [3.8, 4) is 0 Å². The Balaban J connectivity index is 1.60. The number of carbonyl (C=O) groups excluding carboxylic acids is 1. The van der Waals surface area contributed by atoms with Crippen LogP contribution in [0.4, 0.5) is 5.69 Å². The number of aryl methyl sites for hydroxylation is 2. The molecule has 0 aliphatic carbocycles. The van der Waals surface area contributed by atoms with Crippen LogP contribution in [-0.2, 0) is 11.3 Å². The van der Waals surface area contributed by atoms with Crippen LogP contribution >= 0.6 is 23.4 Å². The van der Waals surface area contributed by atoms with Gasteiger partial charge in [-0.1, -0.05) is 41.1 Å². The van der Waals surface area contributed by atoms with Gasteiger partial charge in [0.1, 0.15) is 11.6 Å². The van der Waals surface area contributed by atoms with E-state index in [4.69, 9.17) is 11.6 Å². The molecule has 0 spiro atoms. The molecule has 0 fully saturated rings. The van der Waals surface area contributed by atoms with Crippen LogP contribution in [0.2, 0.25) is 5.02 Å². The molecule has 0 saturated carbocycles. The van der Waals surface area contributed by atoms with Crippen molar-refractivity contribution < 1.29 is 4.79 Å². The van der Waals surface area contributed by atoms with Gasteiger partial charge in [-0.15, -0.1) is 5.10 Å². The first kappa shape index (κ1) is 20.2. The second-order valence-corrected chi connectivity index (χ2v) is 8.26. The van der Waals surface area contributed by atoms with Crippen molar-refractivity contribution in [3.05, 3.63) is 81.5 Å². The van der Waals surface area contributed by atoms with Crippen molar-refractivity contribution in [1.29, 1.82) is 0 Å². The predicted molar refractivity (Wildman–Crippen MR) is 117 cm³/mol. The van der Waals surface area contributed by atoms with E-state index in [2.05, 4.69) is 21.5 Å². The number of carbonyl (C=O) groups is 1. The van der Waals surface area contributed by atoms with Crippen LogP contribution in [0.3, 0.4) is 0 Å². The summed E-state index contributed by atoms with van der Waals surface area (Å²) in [7, 11) is 0. The number of amides is 1. The molecule has 1 amide bonds. The normalized spacial score (nSPS) is 11.0. The van der Waals surface area contributed by atoms with E-state index in [-0.39, 0.29) is 12.5 Å². The van der Waals surface area contributed by atoms with E-state index >= 15 is 0 Å². The lowest BCUT2D eigenvalue weighted by Crippen LogP contribution is -2.28. The molecule has 152 valence electrons. The molecule has 1 N–H and O–H groups in total. The van der Waals surface area contributed by atoms with Crippen LogP contribution in [0.15, 0.2) is 69.6 Å². The van der Waals surface area contributed by atoms with Gasteiger partial charge in [-0.25, -0.2) is 18.9 Å². The smallest absolute Gasteiger partial charge is 0.324 e. The summed E-state index contributed by atoms with van der Waals surface area (Å²) < 4.78 is 2.53. The van der Waals surface area contributed by atoms with Crippen LogP contribution in [0.5, 0.6) is 0 Å². The minimum absolute atomic E-state index is 0.212. The molecule has 4 aromatic rings. The Kier molecular flexibility index (Phi) is 5.61. The maximum atomic E-state index is 12.7. The van der Waals surface area contributed by atoms with Crippen LogP contribution in [0.25, 0.3) is 5.65 Å². The molecule has 2 aromatic carbocycles. The number of anilines is 1. The van der Waals surface area contributed by atoms with Crippen molar-refractivity contribution in [2.75, 3.05) is 5.32 Å². The fourth-order valence-electron chi connectivity index (χ4n) is 2.99. The highest BCUT2D eigenvalue weighted by Crippen LogP contribution is 2.31. The standard InChI is InChI=1S/C21H18ClN5O2S/c1-13-3-8-17(14(2)11-13)30-20-19-25-27(21(29)26(19)10-9-23-20)12-18(28)24-16-6-4-15(22)5-7-16/h3-11H,12H2,1-2H3,(H,24,28). The monoisotopic (exact) mass is 439 g/mol. The number of nitrogens with zero attached hydrogens (tertiary/aromatic N) is 4. The third-order valence-corrected chi connectivity index (χ3v) is 5.84. The van der Waals surface area contributed by atoms with Crippen molar-refractivity contribution in [2.24, 2.45) is 0 Å². The van der Waals surface area contributed by atoms with Gasteiger partial charge in [0, 0.05) is 28.0 Å². The second-order valence-electron chi connectivity index (χ2n) is 6.79. The lowest BCUT2D eigenvalue weighted by molar-refractivity contribution is -0.117. The van der Waals surface area contributed by atoms with Gasteiger partial charge >= 0.3 is 5.69 Å². The molecule has 0 unspecified atom stereocenters. The Morgan fingerprint density at radius 2 is 1.93 bits per heavy atom. The second kappa shape index (κ2) is 8.33. The summed E-state index contributed by atoms with van der Waals surface area (Å²) in [5.74, 6) is -0.362. The van der Waals surface area contributed by atoms with Gasteiger partial charge < -0.3 is 5.32 Å². The number of nitrogens with one attached hydrogen (secondary N) is 1. The quantitative estimate of drug-likeness (QED) is 0.509. The average molecular weight is 440 g/mol. The van der Waals surface area contributed by atoms with Gasteiger partial charge in [-0.05, 0) is 49.7 Å². The molecule has 0 bridgehead atoms. The SMILES string of the molecule is Cc1ccc(Sc2nccn3c(=O)n(CC(=O)Nc4ccc(Cl)cc4)nc23)c(C)c1. The maximum Gasteiger partial charge on any atom is 0.350 e. The van der Waals surface area contributed by atoms with Crippen LogP contribution in [0, 0.1) is 13.8 Å². The third-order valence-electron chi connectivity index (χ3n) is 4.43. The Morgan fingerprint density at radius 1 is 1.17 bits per heavy atom. The molecular formula is C21H18ClN5O2S. The number of hydrogen-bond donors (Lipinski definition) is 1. The highest BCUT2D eigenvalue weighted by atomic mass is 35.5. The molecule has 2 heterocycles. The number of halogens is 1. The Labute approximate surface area is 181 Å². The Hall–Kier alpha value is -3.10. The summed E-state index contributed by atoms with van der Waals surface area (Å²) in [6.45, 7) is 3.86. The van der Waals surface area contributed by atoms with Crippen LogP contribution in [0.1, 0.15) is 11.1 Å². The fourth-order valence-corrected chi connectivity index (χ4v) is 4.02. The summed E-state index contributed by atoms with van der Waals surface area (Å²) in [5, 5.41) is 8.25. The molecule has 0 aliphatic rings. The van der Waals surface area contributed by atoms with Crippen molar-refractivity contribution in [1.82, 2.24) is 19.2 Å². The van der Waals surface area contributed by atoms with Crippen LogP contribution in [-0.4, -0.2) is 25.1 Å². The summed E-state index contributed by atoms with van der Waals surface area (Å²) in [6.07, 6.45) is 3.10. The van der Waals surface area contributed by atoms with Crippen molar-refractivity contribution >= 4 is 40.6 Å². The predicted octanol–water partition coefficient (Wildman–Crippen LogP) is 3.95. The van der Waals surface area contributed by atoms with E-state index in [9.17, 15) is 9.59 Å². The van der Waals surface area contributed by atoms with Gasteiger partial charge in [0.25, 0.3) is 0 Å². The van der Waals surface area contributed by atoms with Gasteiger partial charge in [0.05, 0.1) is 0 Å². The number of hydrogen-bond acceptors (Lipinski definition) is 5. The minimum atomic E-state index is -0.402. The third kappa shape index (κ3) is 4.24. The average Bonchev–Trinajstić information content (AvgIpc) is 3.02. The maximum absolute atomic E-state index is 12.7. The molecule has 4 rings (SSSR count). The summed E-state index contributed by atoms with van der Waals surface area (Å²) >= 11 is 7.29. The van der Waals surface area contributed by atoms with E-state index < -0.39 is 5.69 Å². The lowest BCUT2D eigenvalue weighted by Gasteiger charge is -2.06. The molecule has 30 heavy (non-hydrogen) atoms. The van der Waals surface area contributed by atoms with Gasteiger partial charge in [-0.3, -0.25) is 4.79 Å². The van der Waals surface area contributed by atoms with Crippen molar-refractivity contribution in [2.45, 2.75) is 30.3 Å². The van der Waals surface area contributed by atoms with E-state index in [0.717, 1.165) is 15.1 Å². The molecule has 0 aliphatic heterocycles. The molecule has 2 aromatic heterocycles. The first-order valence-electron chi connectivity index (χ1n) is 9.15. The minimum Gasteiger partial charge on any atom is -0.324 e. The zero-order chi connectivity index (χ0) is 21.3. The fraction of sp³-hybridized carbons (Fsp3) is 0.143. The summed E-state index contributed by atoms with van der Waals surface area (Å²) in [6, 6.07) is 12.9. The largest absolute Gasteiger partial charge is 0.350 e. The Bertz CT molecular complexity index is 1300. The number of fused-ring (bicyclic) bond motifs is 1. The molecule has 7 nitrogen and oxygen atoms in total. The molecule has 0 saturated heterocycles. The highest BCUT2D eigenvalue weighted by molar-refractivity contribution is 7.99. The highest BCUT2D eigenvalue weighted by Gasteiger charge is 2.15. The molecule has 0 atom stereocenters. The number of aromatic nitrogens is 4. The number of benzene rings is 2. The molecule has 0 radical (unpaired) electrons. The molecular weight excluding hydrogens is 422 g/mol. The van der Waals surface area contributed by atoms with Gasteiger partial charge in [0.15, 0.2) is 5.65 Å². The summed E-state index contributed by atoms with van der Waals surface area (Å²) in [4.78, 5) is 30.5. The van der Waals surface area contributed by atoms with Crippen molar-refractivity contribution in [3.63, 3.8) is 0 Å². The first-order valence-corrected chi connectivity index (χ1v) is 10.3. The lowest BCUT2D eigenvalue weighted by atomic mass is 10.2. The topological polar surface area (TPSA) is 81.3 Å². The van der Waals surface area contributed by atoms with E-state index in [1.165, 1.54) is 21.7 Å². The summed E-state index contributed by atoms with van der Waals surface area (Å²) in [5.41, 5.74) is 2.89. The Morgan fingerprint density at radius 3 is 2.67 bits per heavy atom. The van der Waals surface area contributed by atoms with E-state index in [1.54, 1.807) is 36.7 Å². The first-order chi connectivity index (χ1) is 14.4.